The quantitative estimate of drug-likeness (QED) is 0.605. The van der Waals surface area contributed by atoms with E-state index in [1.807, 2.05) is 31.7 Å². The van der Waals surface area contributed by atoms with E-state index >= 15 is 0 Å². The van der Waals surface area contributed by atoms with Crippen molar-refractivity contribution in [3.05, 3.63) is 54.4 Å². The Morgan fingerprint density at radius 2 is 2.23 bits per heavy atom. The zero-order chi connectivity index (χ0) is 9.52. The molecule has 2 heteroatoms. The fraction of sp³-hybridized carbons (Fsp3) is 0.0909. The van der Waals surface area contributed by atoms with E-state index in [4.69, 9.17) is 0 Å². The summed E-state index contributed by atoms with van der Waals surface area (Å²) in [5.74, 6) is 4.15. The van der Waals surface area contributed by atoms with Crippen LogP contribution in [-0.2, 0) is 0 Å². The van der Waals surface area contributed by atoms with Crippen molar-refractivity contribution in [2.24, 2.45) is 0 Å². The summed E-state index contributed by atoms with van der Waals surface area (Å²) < 4.78 is 0. The maximum atomic E-state index is 3.61. The first kappa shape index (κ1) is 9.91. The molecule has 1 heterocycles. The van der Waals surface area contributed by atoms with Crippen LogP contribution < -0.4 is 0 Å². The third-order valence-corrected chi connectivity index (χ3v) is 1.82. The van der Waals surface area contributed by atoms with Gasteiger partial charge in [-0.2, -0.15) is 0 Å². The average Bonchev–Trinajstić information content (AvgIpc) is 2.19. The molecule has 0 amide bonds. The van der Waals surface area contributed by atoms with Crippen molar-refractivity contribution >= 4 is 19.2 Å². The van der Waals surface area contributed by atoms with E-state index in [1.165, 1.54) is 11.1 Å². The maximum absolute atomic E-state index is 3.61. The molecule has 0 aromatic carbocycles. The Balaban J connectivity index is 2.79. The van der Waals surface area contributed by atoms with E-state index in [0.717, 1.165) is 0 Å². The molecular weight excluding hydrogens is 154 g/mol. The van der Waals surface area contributed by atoms with Crippen LogP contribution >= 0.6 is 0 Å². The molecule has 0 aliphatic heterocycles. The van der Waals surface area contributed by atoms with Gasteiger partial charge in [0.25, 0.3) is 0 Å². The summed E-state index contributed by atoms with van der Waals surface area (Å²) >= 11 is 0. The Hall–Kier alpha value is -1.17. The Labute approximate surface area is 81.1 Å². The molecule has 13 heavy (non-hydrogen) atoms. The summed E-state index contributed by atoms with van der Waals surface area (Å²) in [6.45, 7) is 9.78. The van der Waals surface area contributed by atoms with Crippen LogP contribution in [0.1, 0.15) is 12.5 Å². The van der Waals surface area contributed by atoms with Gasteiger partial charge in [-0.05, 0) is 0 Å². The summed E-state index contributed by atoms with van der Waals surface area (Å²) in [7, 11) is 0. The van der Waals surface area contributed by atoms with E-state index in [1.54, 1.807) is 6.08 Å². The first-order chi connectivity index (χ1) is 6.34. The van der Waals surface area contributed by atoms with Gasteiger partial charge in [-0.25, -0.2) is 0 Å². The van der Waals surface area contributed by atoms with Gasteiger partial charge in [-0.15, -0.1) is 0 Å². The van der Waals surface area contributed by atoms with E-state index in [2.05, 4.69) is 31.6 Å². The first-order valence-electron chi connectivity index (χ1n) is 4.36. The van der Waals surface area contributed by atoms with Crippen LogP contribution in [0.5, 0.6) is 0 Å². The SMILES string of the molecule is C=C/C=C\C=C(/C)c1cbbcc1. The van der Waals surface area contributed by atoms with Crippen LogP contribution in [0.25, 0.3) is 5.57 Å². The second-order valence-corrected chi connectivity index (χ2v) is 2.84. The van der Waals surface area contributed by atoms with Crippen LogP contribution in [-0.4, -0.2) is 13.6 Å². The van der Waals surface area contributed by atoms with Gasteiger partial charge in [-0.3, -0.25) is 0 Å². The fourth-order valence-corrected chi connectivity index (χ4v) is 1.08. The van der Waals surface area contributed by atoms with Gasteiger partial charge >= 0.3 is 80.5 Å². The van der Waals surface area contributed by atoms with Crippen LogP contribution in [0.4, 0.5) is 0 Å². The van der Waals surface area contributed by atoms with Crippen LogP contribution in [0.15, 0.2) is 48.9 Å². The van der Waals surface area contributed by atoms with E-state index in [-0.39, 0.29) is 0 Å². The monoisotopic (exact) mass is 166 g/mol. The molecule has 0 aliphatic carbocycles. The van der Waals surface area contributed by atoms with E-state index in [9.17, 15) is 0 Å². The van der Waals surface area contributed by atoms with Crippen molar-refractivity contribution in [1.82, 2.24) is 0 Å². The molecule has 0 aliphatic rings. The summed E-state index contributed by atoms with van der Waals surface area (Å²) in [4.78, 5) is 0. The number of hydrogen-bond acceptors (Lipinski definition) is 0. The van der Waals surface area contributed by atoms with Gasteiger partial charge in [-0.1, -0.05) is 0 Å². The van der Waals surface area contributed by atoms with E-state index < -0.39 is 0 Å². The molecule has 0 radical (unpaired) electrons. The van der Waals surface area contributed by atoms with Crippen molar-refractivity contribution in [3.63, 3.8) is 0 Å². The second-order valence-electron chi connectivity index (χ2n) is 2.84. The molecule has 0 atom stereocenters. The summed E-state index contributed by atoms with van der Waals surface area (Å²) in [6.07, 6.45) is 7.77. The number of rotatable bonds is 3. The van der Waals surface area contributed by atoms with Gasteiger partial charge in [0.1, 0.15) is 0 Å². The van der Waals surface area contributed by atoms with E-state index in [0.29, 0.717) is 0 Å². The van der Waals surface area contributed by atoms with Crippen molar-refractivity contribution in [1.29, 1.82) is 0 Å². The Morgan fingerprint density at radius 1 is 1.38 bits per heavy atom. The summed E-state index contributed by atoms with van der Waals surface area (Å²) in [6, 6.07) is 2.10. The predicted molar refractivity (Wildman–Crippen MR) is 62.1 cm³/mol. The van der Waals surface area contributed by atoms with Crippen molar-refractivity contribution < 1.29 is 0 Å². The Morgan fingerprint density at radius 3 is 2.85 bits per heavy atom. The molecule has 0 bridgehead atoms. The second kappa shape index (κ2) is 5.47. The minimum atomic E-state index is 1.26. The zero-order valence-corrected chi connectivity index (χ0v) is 7.90. The molecule has 1 rings (SSSR count). The normalized spacial score (nSPS) is 11.3. The molecule has 0 saturated carbocycles. The molecule has 0 N–H and O–H groups in total. The van der Waals surface area contributed by atoms with Gasteiger partial charge < -0.3 is 0 Å². The Bertz CT molecular complexity index is 323. The molecule has 0 nitrogen and oxygen atoms in total. The standard InChI is InChI=1S/C11H12B2/c1-3-4-5-6-10(2)11-7-8-12-13-9-11/h3-9H,1H2,2H3/b5-4-,10-6+. The van der Waals surface area contributed by atoms with Crippen molar-refractivity contribution in [3.8, 4) is 0 Å². The molecule has 0 saturated heterocycles. The van der Waals surface area contributed by atoms with Crippen molar-refractivity contribution in [2.45, 2.75) is 6.92 Å². The van der Waals surface area contributed by atoms with Crippen LogP contribution in [0.3, 0.4) is 0 Å². The van der Waals surface area contributed by atoms with Gasteiger partial charge in [0.15, 0.2) is 0 Å². The molecule has 0 spiro atoms. The fourth-order valence-electron chi connectivity index (χ4n) is 1.08. The number of allylic oxidation sites excluding steroid dienone is 5. The Kier molecular flexibility index (Phi) is 4.17. The van der Waals surface area contributed by atoms with Gasteiger partial charge in [0, 0.05) is 0 Å². The van der Waals surface area contributed by atoms with Gasteiger partial charge in [0.05, 0.1) is 0 Å². The molecule has 62 valence electrons. The topological polar surface area (TPSA) is 0 Å². The average molecular weight is 166 g/mol. The van der Waals surface area contributed by atoms with Crippen LogP contribution in [0, 0.1) is 0 Å². The first-order valence-corrected chi connectivity index (χ1v) is 4.36. The minimum absolute atomic E-state index is 1.26. The summed E-state index contributed by atoms with van der Waals surface area (Å²) in [5, 5.41) is 0. The molecular formula is C11H12B2. The predicted octanol–water partition coefficient (Wildman–Crippen LogP) is 2.51. The van der Waals surface area contributed by atoms with Crippen LogP contribution in [0.2, 0.25) is 0 Å². The summed E-state index contributed by atoms with van der Waals surface area (Å²) in [5.41, 5.74) is 2.52. The molecule has 0 fully saturated rings. The molecule has 1 aromatic heterocycles. The third-order valence-electron chi connectivity index (χ3n) is 1.82. The van der Waals surface area contributed by atoms with Gasteiger partial charge in [0.2, 0.25) is 0 Å². The third kappa shape index (κ3) is 3.37. The number of hydrogen-bond donors (Lipinski definition) is 0. The molecule has 0 unspecified atom stereocenters. The zero-order valence-electron chi connectivity index (χ0n) is 7.90. The van der Waals surface area contributed by atoms with Crippen molar-refractivity contribution in [2.75, 3.05) is 0 Å². The molecule has 1 aromatic rings.